The molecule has 13 heteroatoms. The molecule has 0 aromatic heterocycles. The Morgan fingerprint density at radius 3 is 2.49 bits per heavy atom. The van der Waals surface area contributed by atoms with Crippen molar-refractivity contribution >= 4 is 45.0 Å². The molecule has 6 rings (SSSR count). The molecule has 0 unspecified atom stereocenters. The van der Waals surface area contributed by atoms with Crippen molar-refractivity contribution in [3.8, 4) is 11.5 Å². The Balaban J connectivity index is 1.14. The maximum Gasteiger partial charge on any atom is 0.261 e. The highest BCUT2D eigenvalue weighted by atomic mass is 35.5. The van der Waals surface area contributed by atoms with Crippen LogP contribution in [0.2, 0.25) is 10.0 Å². The van der Waals surface area contributed by atoms with Crippen molar-refractivity contribution in [2.75, 3.05) is 12.9 Å². The van der Waals surface area contributed by atoms with Crippen LogP contribution in [0.3, 0.4) is 0 Å². The van der Waals surface area contributed by atoms with Crippen molar-refractivity contribution in [2.24, 2.45) is 0 Å². The largest absolute Gasteiger partial charge is 0.484 e. The van der Waals surface area contributed by atoms with Crippen molar-refractivity contribution in [3.05, 3.63) is 57.8 Å². The number of benzene rings is 2. The number of carbonyl (C=O) groups excluding carboxylic acids is 2. The average Bonchev–Trinajstić information content (AvgIpc) is 2.76. The first-order valence-electron chi connectivity index (χ1n) is 11.5. The van der Waals surface area contributed by atoms with Crippen LogP contribution in [-0.4, -0.2) is 50.3 Å². The third kappa shape index (κ3) is 5.50. The maximum atomic E-state index is 13.5. The first-order chi connectivity index (χ1) is 17.3. The highest BCUT2D eigenvalue weighted by Gasteiger charge is 2.69. The van der Waals surface area contributed by atoms with E-state index in [0.29, 0.717) is 35.6 Å². The normalized spacial score (nSPS) is 27.6. The van der Waals surface area contributed by atoms with E-state index in [1.165, 1.54) is 12.1 Å². The lowest BCUT2D eigenvalue weighted by Gasteiger charge is -2.70. The lowest BCUT2D eigenvalue weighted by molar-refractivity contribution is -0.154. The first-order valence-corrected chi connectivity index (χ1v) is 14.1. The summed E-state index contributed by atoms with van der Waals surface area (Å²) in [6, 6.07) is 8.10. The molecule has 9 nitrogen and oxygen atoms in total. The van der Waals surface area contributed by atoms with Crippen LogP contribution in [0.5, 0.6) is 11.5 Å². The van der Waals surface area contributed by atoms with Gasteiger partial charge in [-0.15, -0.1) is 0 Å². The Labute approximate surface area is 223 Å². The van der Waals surface area contributed by atoms with Crippen molar-refractivity contribution < 1.29 is 31.9 Å². The van der Waals surface area contributed by atoms with E-state index in [9.17, 15) is 22.4 Å². The van der Waals surface area contributed by atoms with E-state index in [2.05, 4.69) is 15.4 Å². The molecule has 3 saturated carbocycles. The predicted octanol–water partition coefficient (Wildman–Crippen LogP) is 2.86. The fourth-order valence-electron chi connectivity index (χ4n) is 5.41. The molecule has 1 heterocycles. The van der Waals surface area contributed by atoms with E-state index in [0.717, 1.165) is 12.3 Å². The van der Waals surface area contributed by atoms with E-state index >= 15 is 0 Å². The number of amides is 2. The minimum Gasteiger partial charge on any atom is -0.484 e. The van der Waals surface area contributed by atoms with Gasteiger partial charge in [-0.3, -0.25) is 9.59 Å². The van der Waals surface area contributed by atoms with Gasteiger partial charge in [0.15, 0.2) is 12.7 Å². The summed E-state index contributed by atoms with van der Waals surface area (Å²) in [7, 11) is -3.55. The Hall–Kier alpha value is -2.60. The van der Waals surface area contributed by atoms with Crippen molar-refractivity contribution in [2.45, 2.75) is 48.9 Å². The van der Waals surface area contributed by atoms with Crippen LogP contribution < -0.4 is 24.8 Å². The summed E-state index contributed by atoms with van der Waals surface area (Å²) in [5.74, 6) is -0.759. The summed E-state index contributed by atoms with van der Waals surface area (Å²) in [6.45, 7) is -0.282. The fourth-order valence-corrected chi connectivity index (χ4v) is 6.45. The summed E-state index contributed by atoms with van der Waals surface area (Å²) in [6.07, 6.45) is 1.91. The Bertz CT molecular complexity index is 1370. The zero-order valence-electron chi connectivity index (χ0n) is 19.6. The summed E-state index contributed by atoms with van der Waals surface area (Å²) in [4.78, 5) is 25.4. The van der Waals surface area contributed by atoms with Crippen molar-refractivity contribution in [3.63, 3.8) is 0 Å². The Morgan fingerprint density at radius 2 is 1.81 bits per heavy atom. The van der Waals surface area contributed by atoms with Gasteiger partial charge in [0.1, 0.15) is 17.3 Å². The molecule has 3 fully saturated rings. The van der Waals surface area contributed by atoms with Crippen LogP contribution in [0.25, 0.3) is 0 Å². The van der Waals surface area contributed by atoms with Gasteiger partial charge in [0.05, 0.1) is 17.3 Å². The second-order valence-corrected chi connectivity index (χ2v) is 12.6. The second kappa shape index (κ2) is 9.30. The van der Waals surface area contributed by atoms with E-state index < -0.39 is 39.1 Å². The Morgan fingerprint density at radius 1 is 1.11 bits per heavy atom. The molecule has 3 N–H and O–H groups in total. The van der Waals surface area contributed by atoms with Crippen LogP contribution in [-0.2, 0) is 19.6 Å². The van der Waals surface area contributed by atoms with Crippen LogP contribution in [0.1, 0.15) is 37.3 Å². The quantitative estimate of drug-likeness (QED) is 0.447. The number of sulfonamides is 1. The Kier molecular flexibility index (Phi) is 6.54. The lowest BCUT2D eigenvalue weighted by atomic mass is 9.44. The zero-order chi connectivity index (χ0) is 26.6. The number of rotatable bonds is 8. The molecule has 1 aliphatic heterocycles. The number of fused-ring (bicyclic) bond motifs is 1. The third-order valence-electron chi connectivity index (χ3n) is 6.80. The van der Waals surface area contributed by atoms with Gasteiger partial charge in [-0.2, -0.15) is 0 Å². The van der Waals surface area contributed by atoms with Crippen LogP contribution in [0, 0.1) is 5.82 Å². The zero-order valence-corrected chi connectivity index (χ0v) is 22.0. The first kappa shape index (κ1) is 26.0. The van der Waals surface area contributed by atoms with Gasteiger partial charge < -0.3 is 20.1 Å². The minimum absolute atomic E-state index is 0.0348. The molecule has 3 aliphatic carbocycles. The molecule has 2 amide bonds. The highest BCUT2D eigenvalue weighted by molar-refractivity contribution is 7.88. The minimum atomic E-state index is -3.55. The summed E-state index contributed by atoms with van der Waals surface area (Å²) in [5, 5.41) is 6.34. The van der Waals surface area contributed by atoms with Crippen LogP contribution in [0.4, 0.5) is 4.39 Å². The van der Waals surface area contributed by atoms with E-state index in [1.807, 2.05) is 0 Å². The van der Waals surface area contributed by atoms with E-state index in [1.54, 1.807) is 18.2 Å². The predicted molar refractivity (Wildman–Crippen MR) is 134 cm³/mol. The monoisotopic (exact) mass is 571 g/mol. The summed E-state index contributed by atoms with van der Waals surface area (Å²) < 4.78 is 51.1. The molecule has 0 radical (unpaired) electrons. The molecule has 198 valence electrons. The van der Waals surface area contributed by atoms with Gasteiger partial charge in [-0.05, 0) is 49.6 Å². The molecule has 2 aromatic rings. The lowest BCUT2D eigenvalue weighted by Crippen LogP contribution is -2.84. The van der Waals surface area contributed by atoms with Gasteiger partial charge in [-0.1, -0.05) is 23.2 Å². The van der Waals surface area contributed by atoms with Gasteiger partial charge in [0.2, 0.25) is 10.0 Å². The van der Waals surface area contributed by atoms with Gasteiger partial charge in [-0.25, -0.2) is 17.5 Å². The third-order valence-corrected chi connectivity index (χ3v) is 8.05. The molecule has 2 atom stereocenters. The van der Waals surface area contributed by atoms with Crippen molar-refractivity contribution in [1.29, 1.82) is 0 Å². The van der Waals surface area contributed by atoms with Crippen molar-refractivity contribution in [1.82, 2.24) is 15.4 Å². The molecule has 0 saturated heterocycles. The highest BCUT2D eigenvalue weighted by Crippen LogP contribution is 2.60. The summed E-state index contributed by atoms with van der Waals surface area (Å²) in [5.41, 5.74) is -0.304. The topological polar surface area (TPSA) is 123 Å². The molecule has 4 aliphatic rings. The number of hydrogen-bond acceptors (Lipinski definition) is 6. The second-order valence-electron chi connectivity index (χ2n) is 9.96. The molecular weight excluding hydrogens is 548 g/mol. The number of hydrogen-bond donors (Lipinski definition) is 3. The molecule has 0 spiro atoms. The van der Waals surface area contributed by atoms with Crippen LogP contribution in [0.15, 0.2) is 36.4 Å². The van der Waals surface area contributed by atoms with Crippen LogP contribution >= 0.6 is 23.2 Å². The standard InChI is InChI=1S/C24H24Cl2FN3O6S/c1-37(33,34)30-18-8-20(36-19-5-2-13(25)6-15(18)19)22(32)29-24-10-23(11-24,12-24)28-21(31)9-35-14-3-4-16(26)17(27)7-14/h2-7,18,20,30H,8-12H2,1H3,(H,28,31)(H,29,32)/t18-,20+,23?,24?/m1/s1. The molecular formula is C24H24Cl2FN3O6S. The van der Waals surface area contributed by atoms with E-state index in [4.69, 9.17) is 32.7 Å². The smallest absolute Gasteiger partial charge is 0.261 e. The van der Waals surface area contributed by atoms with Gasteiger partial charge in [0, 0.05) is 34.2 Å². The number of nitrogens with one attached hydrogen (secondary N) is 3. The molecule has 2 bridgehead atoms. The summed E-state index contributed by atoms with van der Waals surface area (Å²) >= 11 is 11.7. The van der Waals surface area contributed by atoms with E-state index in [-0.39, 0.29) is 35.6 Å². The number of halogens is 3. The molecule has 2 aromatic carbocycles. The number of carbonyl (C=O) groups is 2. The molecule has 37 heavy (non-hydrogen) atoms. The SMILES string of the molecule is CS(=O)(=O)N[C@@H]1C[C@@H](C(=O)NC23CC(NC(=O)COc4ccc(Cl)c(F)c4)(C2)C3)Oc2ccc(Cl)cc21. The van der Waals surface area contributed by atoms with Gasteiger partial charge in [0.25, 0.3) is 11.8 Å². The maximum absolute atomic E-state index is 13.5. The number of ether oxygens (including phenoxy) is 2. The fraction of sp³-hybridized carbons (Fsp3) is 0.417. The van der Waals surface area contributed by atoms with Gasteiger partial charge >= 0.3 is 0 Å². The average molecular weight is 572 g/mol.